The van der Waals surface area contributed by atoms with Gasteiger partial charge in [-0.2, -0.15) is 5.10 Å². The zero-order valence-electron chi connectivity index (χ0n) is 15.2. The van der Waals surface area contributed by atoms with Gasteiger partial charge >= 0.3 is 0 Å². The number of rotatable bonds is 7. The number of nitrogens with zero attached hydrogens (tertiary/aromatic N) is 3. The summed E-state index contributed by atoms with van der Waals surface area (Å²) in [5.41, 5.74) is 3.57. The van der Waals surface area contributed by atoms with E-state index in [4.69, 9.17) is 4.74 Å². The van der Waals surface area contributed by atoms with E-state index in [1.54, 1.807) is 7.11 Å². The van der Waals surface area contributed by atoms with Gasteiger partial charge in [0.25, 0.3) is 0 Å². The van der Waals surface area contributed by atoms with Crippen LogP contribution in [0.1, 0.15) is 23.2 Å². The molecule has 1 aliphatic rings. The van der Waals surface area contributed by atoms with Gasteiger partial charge in [0.2, 0.25) is 5.91 Å². The predicted octanol–water partition coefficient (Wildman–Crippen LogP) is 1.67. The van der Waals surface area contributed by atoms with Crippen molar-refractivity contribution in [3.63, 3.8) is 0 Å². The number of methoxy groups -OCH3 is 1. The Morgan fingerprint density at radius 2 is 2.08 bits per heavy atom. The molecule has 2 heterocycles. The van der Waals surface area contributed by atoms with Crippen LogP contribution >= 0.6 is 0 Å². The third-order valence-electron chi connectivity index (χ3n) is 4.96. The van der Waals surface area contributed by atoms with Gasteiger partial charge in [-0.05, 0) is 31.0 Å². The molecule has 1 aliphatic heterocycles. The SMILES string of the molecule is COc1ccc(CCN2C[C@H](NCc3cnn(C)c3C)CC2=O)cc1. The molecule has 1 aromatic heterocycles. The maximum absolute atomic E-state index is 12.2. The van der Waals surface area contributed by atoms with Crippen LogP contribution in [0.2, 0.25) is 0 Å². The molecule has 1 atom stereocenters. The molecule has 6 heteroatoms. The van der Waals surface area contributed by atoms with Crippen LogP contribution in [0.4, 0.5) is 0 Å². The van der Waals surface area contributed by atoms with Gasteiger partial charge in [-0.15, -0.1) is 0 Å². The van der Waals surface area contributed by atoms with Crippen LogP contribution in [0, 0.1) is 6.92 Å². The molecule has 0 bridgehead atoms. The maximum Gasteiger partial charge on any atom is 0.224 e. The summed E-state index contributed by atoms with van der Waals surface area (Å²) < 4.78 is 7.05. The number of likely N-dealkylation sites (tertiary alicyclic amines) is 1. The number of aryl methyl sites for hydroxylation is 1. The van der Waals surface area contributed by atoms with E-state index in [1.165, 1.54) is 11.1 Å². The molecular formula is C19H26N4O2. The van der Waals surface area contributed by atoms with E-state index < -0.39 is 0 Å². The Labute approximate surface area is 148 Å². The van der Waals surface area contributed by atoms with Gasteiger partial charge in [-0.1, -0.05) is 12.1 Å². The number of carbonyl (C=O) groups excluding carboxylic acids is 1. The lowest BCUT2D eigenvalue weighted by atomic mass is 10.1. The molecule has 0 spiro atoms. The zero-order valence-corrected chi connectivity index (χ0v) is 15.2. The Morgan fingerprint density at radius 3 is 2.72 bits per heavy atom. The maximum atomic E-state index is 12.2. The number of aromatic nitrogens is 2. The van der Waals surface area contributed by atoms with Crippen LogP contribution in [-0.2, 0) is 24.8 Å². The first kappa shape index (κ1) is 17.5. The molecule has 0 radical (unpaired) electrons. The van der Waals surface area contributed by atoms with E-state index in [0.717, 1.165) is 37.5 Å². The third-order valence-corrected chi connectivity index (χ3v) is 4.96. The summed E-state index contributed by atoms with van der Waals surface area (Å²) in [4.78, 5) is 14.2. The lowest BCUT2D eigenvalue weighted by Crippen LogP contribution is -2.33. The van der Waals surface area contributed by atoms with Crippen LogP contribution in [0.25, 0.3) is 0 Å². The highest BCUT2D eigenvalue weighted by Gasteiger charge is 2.28. The molecule has 0 aliphatic carbocycles. The topological polar surface area (TPSA) is 59.4 Å². The Balaban J connectivity index is 1.47. The lowest BCUT2D eigenvalue weighted by molar-refractivity contribution is -0.127. The highest BCUT2D eigenvalue weighted by atomic mass is 16.5. The molecule has 3 rings (SSSR count). The van der Waals surface area contributed by atoms with E-state index in [9.17, 15) is 4.79 Å². The first-order chi connectivity index (χ1) is 12.1. The van der Waals surface area contributed by atoms with Crippen LogP contribution in [0.15, 0.2) is 30.5 Å². The van der Waals surface area contributed by atoms with Gasteiger partial charge in [0.1, 0.15) is 5.75 Å². The van der Waals surface area contributed by atoms with Crippen molar-refractivity contribution in [3.8, 4) is 5.75 Å². The van der Waals surface area contributed by atoms with Crippen molar-refractivity contribution in [2.75, 3.05) is 20.2 Å². The number of benzene rings is 1. The molecule has 25 heavy (non-hydrogen) atoms. The fraction of sp³-hybridized carbons (Fsp3) is 0.474. The summed E-state index contributed by atoms with van der Waals surface area (Å²) in [7, 11) is 3.61. The molecular weight excluding hydrogens is 316 g/mol. The summed E-state index contributed by atoms with van der Waals surface area (Å²) in [6.07, 6.45) is 3.33. The van der Waals surface area contributed by atoms with Crippen LogP contribution in [0.5, 0.6) is 5.75 Å². The summed E-state index contributed by atoms with van der Waals surface area (Å²) >= 11 is 0. The summed E-state index contributed by atoms with van der Waals surface area (Å²) in [5.74, 6) is 1.09. The van der Waals surface area contributed by atoms with Gasteiger partial charge in [0.15, 0.2) is 0 Å². The van der Waals surface area contributed by atoms with Gasteiger partial charge in [0, 0.05) is 50.4 Å². The standard InChI is InChI=1S/C19H26N4O2/c1-14-16(12-21-22(14)2)11-20-17-10-19(24)23(13-17)9-8-15-4-6-18(25-3)7-5-15/h4-7,12,17,20H,8-11,13H2,1-3H3/t17-/m1/s1. The number of nitrogens with one attached hydrogen (secondary N) is 1. The fourth-order valence-corrected chi connectivity index (χ4v) is 3.15. The predicted molar refractivity (Wildman–Crippen MR) is 96.5 cm³/mol. The summed E-state index contributed by atoms with van der Waals surface area (Å²) in [6.45, 7) is 4.35. The fourth-order valence-electron chi connectivity index (χ4n) is 3.15. The van der Waals surface area contributed by atoms with Crippen molar-refractivity contribution in [2.45, 2.75) is 32.4 Å². The highest BCUT2D eigenvalue weighted by molar-refractivity contribution is 5.79. The van der Waals surface area contributed by atoms with Gasteiger partial charge in [-0.25, -0.2) is 0 Å². The lowest BCUT2D eigenvalue weighted by Gasteiger charge is -2.17. The van der Waals surface area contributed by atoms with Crippen molar-refractivity contribution in [3.05, 3.63) is 47.3 Å². The molecule has 0 saturated carbocycles. The number of hydrogen-bond acceptors (Lipinski definition) is 4. The molecule has 6 nitrogen and oxygen atoms in total. The second kappa shape index (κ2) is 7.70. The Bertz CT molecular complexity index is 724. The Kier molecular flexibility index (Phi) is 5.38. The monoisotopic (exact) mass is 342 g/mol. The summed E-state index contributed by atoms with van der Waals surface area (Å²) in [5, 5.41) is 7.75. The molecule has 1 amide bonds. The number of carbonyl (C=O) groups is 1. The highest BCUT2D eigenvalue weighted by Crippen LogP contribution is 2.16. The van der Waals surface area contributed by atoms with Crippen LogP contribution < -0.4 is 10.1 Å². The van der Waals surface area contributed by atoms with E-state index in [-0.39, 0.29) is 11.9 Å². The van der Waals surface area contributed by atoms with Crippen molar-refractivity contribution in [1.82, 2.24) is 20.0 Å². The van der Waals surface area contributed by atoms with E-state index in [0.29, 0.717) is 6.42 Å². The van der Waals surface area contributed by atoms with Crippen molar-refractivity contribution >= 4 is 5.91 Å². The van der Waals surface area contributed by atoms with Gasteiger partial charge < -0.3 is 15.0 Å². The molecule has 1 fully saturated rings. The van der Waals surface area contributed by atoms with E-state index >= 15 is 0 Å². The van der Waals surface area contributed by atoms with E-state index in [2.05, 4.69) is 29.5 Å². The molecule has 2 aromatic rings. The normalized spacial score (nSPS) is 17.3. The van der Waals surface area contributed by atoms with Gasteiger partial charge in [-0.3, -0.25) is 9.48 Å². The quantitative estimate of drug-likeness (QED) is 0.832. The average molecular weight is 342 g/mol. The smallest absolute Gasteiger partial charge is 0.224 e. The minimum absolute atomic E-state index is 0.211. The number of ether oxygens (including phenoxy) is 1. The molecule has 1 N–H and O–H groups in total. The van der Waals surface area contributed by atoms with Gasteiger partial charge in [0.05, 0.1) is 13.3 Å². The molecule has 0 unspecified atom stereocenters. The largest absolute Gasteiger partial charge is 0.497 e. The minimum Gasteiger partial charge on any atom is -0.497 e. The third kappa shape index (κ3) is 4.20. The first-order valence-corrected chi connectivity index (χ1v) is 8.68. The second-order valence-corrected chi connectivity index (χ2v) is 6.60. The Morgan fingerprint density at radius 1 is 1.32 bits per heavy atom. The van der Waals surface area contributed by atoms with Crippen molar-refractivity contribution in [1.29, 1.82) is 0 Å². The molecule has 1 saturated heterocycles. The number of amides is 1. The molecule has 134 valence electrons. The number of hydrogen-bond donors (Lipinski definition) is 1. The molecule has 1 aromatic carbocycles. The van der Waals surface area contributed by atoms with Crippen molar-refractivity contribution < 1.29 is 9.53 Å². The first-order valence-electron chi connectivity index (χ1n) is 8.68. The zero-order chi connectivity index (χ0) is 17.8. The van der Waals surface area contributed by atoms with Crippen molar-refractivity contribution in [2.24, 2.45) is 7.05 Å². The Hall–Kier alpha value is -2.34. The average Bonchev–Trinajstić information content (AvgIpc) is 3.14. The summed E-state index contributed by atoms with van der Waals surface area (Å²) in [6, 6.07) is 8.24. The minimum atomic E-state index is 0.211. The van der Waals surface area contributed by atoms with Crippen LogP contribution in [0.3, 0.4) is 0 Å². The second-order valence-electron chi connectivity index (χ2n) is 6.60. The van der Waals surface area contributed by atoms with E-state index in [1.807, 2.05) is 35.0 Å². The van der Waals surface area contributed by atoms with Crippen LogP contribution in [-0.4, -0.2) is 46.8 Å².